The van der Waals surface area contributed by atoms with Crippen molar-refractivity contribution in [1.82, 2.24) is 4.31 Å². The van der Waals surface area contributed by atoms with Crippen LogP contribution in [0.1, 0.15) is 47.0 Å². The highest BCUT2D eigenvalue weighted by Gasteiger charge is 2.27. The first-order chi connectivity index (χ1) is 16.6. The Labute approximate surface area is 206 Å². The van der Waals surface area contributed by atoms with Crippen molar-refractivity contribution >= 4 is 27.6 Å². The third-order valence-electron chi connectivity index (χ3n) is 5.47. The summed E-state index contributed by atoms with van der Waals surface area (Å²) < 4.78 is 32.7. The van der Waals surface area contributed by atoms with E-state index < -0.39 is 28.0 Å². The van der Waals surface area contributed by atoms with Crippen molar-refractivity contribution in [1.29, 1.82) is 0 Å². The number of nitrogens with zero attached hydrogens (tertiary/aromatic N) is 1. The first-order valence-corrected chi connectivity index (χ1v) is 12.8. The van der Waals surface area contributed by atoms with Gasteiger partial charge in [0.2, 0.25) is 16.1 Å². The maximum absolute atomic E-state index is 13.2. The number of amides is 1. The molecule has 7 nitrogen and oxygen atoms in total. The van der Waals surface area contributed by atoms with E-state index in [4.69, 9.17) is 4.74 Å². The van der Waals surface area contributed by atoms with Gasteiger partial charge in [0.05, 0.1) is 10.5 Å². The van der Waals surface area contributed by atoms with Gasteiger partial charge in [-0.2, -0.15) is 4.31 Å². The highest BCUT2D eigenvalue weighted by Crippen LogP contribution is 2.24. The van der Waals surface area contributed by atoms with Crippen LogP contribution in [0.4, 0.5) is 5.69 Å². The van der Waals surface area contributed by atoms with Crippen molar-refractivity contribution in [2.45, 2.75) is 38.7 Å². The number of anilines is 1. The smallest absolute Gasteiger partial charge is 0.339 e. The highest BCUT2D eigenvalue weighted by atomic mass is 32.2. The normalized spacial score (nSPS) is 12.3. The zero-order valence-electron chi connectivity index (χ0n) is 20.3. The summed E-state index contributed by atoms with van der Waals surface area (Å²) in [5.74, 6) is -1.31. The van der Waals surface area contributed by atoms with Crippen molar-refractivity contribution in [3.05, 3.63) is 95.1 Å². The molecule has 0 aromatic heterocycles. The molecule has 0 aliphatic rings. The highest BCUT2D eigenvalue weighted by molar-refractivity contribution is 7.89. The second-order valence-electron chi connectivity index (χ2n) is 8.18. The van der Waals surface area contributed by atoms with Gasteiger partial charge in [0.15, 0.2) is 0 Å². The lowest BCUT2D eigenvalue weighted by atomic mass is 10.1. The molecule has 0 saturated carbocycles. The van der Waals surface area contributed by atoms with E-state index in [-0.39, 0.29) is 10.5 Å². The summed E-state index contributed by atoms with van der Waals surface area (Å²) in [4.78, 5) is 26.3. The SMILES string of the molecule is CCN(CC)S(=O)(=O)c1cccc(C(=O)OC(C(=O)Nc2cc(C)cc(C)c2)c2ccccc2)c1. The first-order valence-electron chi connectivity index (χ1n) is 11.4. The van der Waals surface area contributed by atoms with Gasteiger partial charge in [0.25, 0.3) is 5.91 Å². The van der Waals surface area contributed by atoms with Gasteiger partial charge in [-0.25, -0.2) is 13.2 Å². The number of benzene rings is 3. The summed E-state index contributed by atoms with van der Waals surface area (Å²) in [6.07, 6.45) is -1.23. The Bertz CT molecular complexity index is 1280. The predicted octanol–water partition coefficient (Wildman–Crippen LogP) is 4.87. The summed E-state index contributed by atoms with van der Waals surface area (Å²) in [7, 11) is -3.76. The molecular weight excluding hydrogens is 464 g/mol. The first kappa shape index (κ1) is 26.1. The molecule has 0 spiro atoms. The number of carbonyl (C=O) groups excluding carboxylic acids is 2. The van der Waals surface area contributed by atoms with E-state index in [1.807, 2.05) is 32.0 Å². The molecule has 0 bridgehead atoms. The van der Waals surface area contributed by atoms with Gasteiger partial charge in [0, 0.05) is 24.3 Å². The van der Waals surface area contributed by atoms with E-state index in [0.29, 0.717) is 24.3 Å². The average Bonchev–Trinajstić information content (AvgIpc) is 2.83. The zero-order valence-corrected chi connectivity index (χ0v) is 21.1. The molecule has 1 N–H and O–H groups in total. The van der Waals surface area contributed by atoms with E-state index in [1.165, 1.54) is 28.6 Å². The number of sulfonamides is 1. The second kappa shape index (κ2) is 11.3. The molecule has 184 valence electrons. The Morgan fingerprint density at radius 2 is 1.51 bits per heavy atom. The van der Waals surface area contributed by atoms with Gasteiger partial charge in [-0.15, -0.1) is 0 Å². The number of rotatable bonds is 9. The summed E-state index contributed by atoms with van der Waals surface area (Å²) in [6.45, 7) is 7.97. The monoisotopic (exact) mass is 494 g/mol. The fourth-order valence-corrected chi connectivity index (χ4v) is 5.33. The lowest BCUT2D eigenvalue weighted by molar-refractivity contribution is -0.125. The van der Waals surface area contributed by atoms with Crippen LogP contribution in [0.25, 0.3) is 0 Å². The molecule has 3 aromatic rings. The number of carbonyl (C=O) groups is 2. The molecule has 0 aliphatic carbocycles. The Kier molecular flexibility index (Phi) is 8.43. The van der Waals surface area contributed by atoms with E-state index in [2.05, 4.69) is 5.32 Å². The largest absolute Gasteiger partial charge is 0.444 e. The van der Waals surface area contributed by atoms with E-state index in [0.717, 1.165) is 11.1 Å². The Morgan fingerprint density at radius 3 is 2.11 bits per heavy atom. The minimum atomic E-state index is -3.76. The fraction of sp³-hybridized carbons (Fsp3) is 0.259. The van der Waals surface area contributed by atoms with Gasteiger partial charge >= 0.3 is 5.97 Å². The Balaban J connectivity index is 1.90. The van der Waals surface area contributed by atoms with Crippen molar-refractivity contribution in [2.24, 2.45) is 0 Å². The van der Waals surface area contributed by atoms with Crippen LogP contribution in [0.3, 0.4) is 0 Å². The molecule has 0 saturated heterocycles. The molecule has 1 atom stereocenters. The molecular formula is C27H30N2O5S. The molecule has 1 amide bonds. The number of esters is 1. The number of ether oxygens (including phenoxy) is 1. The molecule has 1 unspecified atom stereocenters. The fourth-order valence-electron chi connectivity index (χ4n) is 3.83. The van der Waals surface area contributed by atoms with E-state index in [1.54, 1.807) is 44.2 Å². The molecule has 0 radical (unpaired) electrons. The predicted molar refractivity (Wildman–Crippen MR) is 136 cm³/mol. The van der Waals surface area contributed by atoms with Crippen molar-refractivity contribution < 1.29 is 22.7 Å². The van der Waals surface area contributed by atoms with Gasteiger partial charge in [0.1, 0.15) is 0 Å². The molecule has 3 rings (SSSR count). The van der Waals surface area contributed by atoms with Gasteiger partial charge in [-0.1, -0.05) is 56.3 Å². The maximum atomic E-state index is 13.2. The van der Waals surface area contributed by atoms with Gasteiger partial charge in [-0.3, -0.25) is 4.79 Å². The lowest BCUT2D eigenvalue weighted by Crippen LogP contribution is -2.30. The maximum Gasteiger partial charge on any atom is 0.339 e. The minimum Gasteiger partial charge on any atom is -0.444 e. The van der Waals surface area contributed by atoms with Crippen LogP contribution in [-0.2, 0) is 19.6 Å². The molecule has 0 heterocycles. The number of nitrogens with one attached hydrogen (secondary N) is 1. The third-order valence-corrected chi connectivity index (χ3v) is 7.51. The molecule has 0 fully saturated rings. The number of hydrogen-bond donors (Lipinski definition) is 1. The van der Waals surface area contributed by atoms with E-state index in [9.17, 15) is 18.0 Å². The van der Waals surface area contributed by atoms with Crippen LogP contribution in [-0.4, -0.2) is 37.7 Å². The Morgan fingerprint density at radius 1 is 0.886 bits per heavy atom. The number of aryl methyl sites for hydroxylation is 2. The van der Waals surface area contributed by atoms with E-state index >= 15 is 0 Å². The van der Waals surface area contributed by atoms with Crippen LogP contribution in [0.15, 0.2) is 77.7 Å². The minimum absolute atomic E-state index is 0.00778. The standard InChI is InChI=1S/C27H30N2O5S/c1-5-29(6-2)35(32,33)24-14-10-13-22(18-24)27(31)34-25(21-11-8-7-9-12-21)26(30)28-23-16-19(3)15-20(4)17-23/h7-18,25H,5-6H2,1-4H3,(H,28,30). The topological polar surface area (TPSA) is 92.8 Å². The summed E-state index contributed by atoms with van der Waals surface area (Å²) in [6, 6.07) is 20.0. The molecule has 35 heavy (non-hydrogen) atoms. The zero-order chi connectivity index (χ0) is 25.6. The third kappa shape index (κ3) is 6.35. The van der Waals surface area contributed by atoms with Gasteiger partial charge in [-0.05, 0) is 55.3 Å². The summed E-state index contributed by atoms with van der Waals surface area (Å²) >= 11 is 0. The molecule has 0 aliphatic heterocycles. The van der Waals surface area contributed by atoms with Crippen LogP contribution >= 0.6 is 0 Å². The van der Waals surface area contributed by atoms with Crippen molar-refractivity contribution in [3.8, 4) is 0 Å². The molecule has 8 heteroatoms. The van der Waals surface area contributed by atoms with Crippen LogP contribution in [0, 0.1) is 13.8 Å². The van der Waals surface area contributed by atoms with Crippen molar-refractivity contribution in [2.75, 3.05) is 18.4 Å². The lowest BCUT2D eigenvalue weighted by Gasteiger charge is -2.20. The van der Waals surface area contributed by atoms with Gasteiger partial charge < -0.3 is 10.1 Å². The molecule has 3 aromatic carbocycles. The summed E-state index contributed by atoms with van der Waals surface area (Å²) in [5, 5.41) is 2.83. The second-order valence-corrected chi connectivity index (χ2v) is 10.1. The average molecular weight is 495 g/mol. The van der Waals surface area contributed by atoms with Crippen LogP contribution in [0.5, 0.6) is 0 Å². The Hall–Kier alpha value is -3.49. The number of hydrogen-bond acceptors (Lipinski definition) is 5. The van der Waals surface area contributed by atoms with Crippen molar-refractivity contribution in [3.63, 3.8) is 0 Å². The van der Waals surface area contributed by atoms with Crippen LogP contribution in [0.2, 0.25) is 0 Å². The summed E-state index contributed by atoms with van der Waals surface area (Å²) in [5.41, 5.74) is 3.10. The quantitative estimate of drug-likeness (QED) is 0.429. The van der Waals surface area contributed by atoms with Crippen LogP contribution < -0.4 is 5.32 Å².